The summed E-state index contributed by atoms with van der Waals surface area (Å²) in [6.07, 6.45) is 14.3. The van der Waals surface area contributed by atoms with Crippen molar-refractivity contribution < 1.29 is 4.39 Å². The van der Waals surface area contributed by atoms with Crippen LogP contribution in [0.2, 0.25) is 5.02 Å². The van der Waals surface area contributed by atoms with Crippen LogP contribution in [0.15, 0.2) is 54.6 Å². The van der Waals surface area contributed by atoms with Crippen molar-refractivity contribution in [2.45, 2.75) is 52.4 Å². The van der Waals surface area contributed by atoms with Crippen LogP contribution < -0.4 is 0 Å². The summed E-state index contributed by atoms with van der Waals surface area (Å²) in [5.74, 6) is 0.352. The molecule has 0 N–H and O–H groups in total. The molecule has 0 saturated carbocycles. The van der Waals surface area contributed by atoms with Crippen LogP contribution in [-0.4, -0.2) is 0 Å². The van der Waals surface area contributed by atoms with Gasteiger partial charge in [-0.05, 0) is 60.8 Å². The lowest BCUT2D eigenvalue weighted by Crippen LogP contribution is -2.02. The van der Waals surface area contributed by atoms with E-state index in [2.05, 4.69) is 37.3 Å². The molecule has 1 aliphatic carbocycles. The first kappa shape index (κ1) is 19.9. The third-order valence-electron chi connectivity index (χ3n) is 5.43. The minimum Gasteiger partial charge on any atom is -0.205 e. The van der Waals surface area contributed by atoms with Gasteiger partial charge in [0, 0.05) is 5.56 Å². The second-order valence-electron chi connectivity index (χ2n) is 7.47. The topological polar surface area (TPSA) is 0 Å². The summed E-state index contributed by atoms with van der Waals surface area (Å²) in [6, 6.07) is 12.0. The highest BCUT2D eigenvalue weighted by molar-refractivity contribution is 6.33. The van der Waals surface area contributed by atoms with E-state index in [9.17, 15) is 4.39 Å². The molecule has 2 heteroatoms. The first-order valence-corrected chi connectivity index (χ1v) is 10.4. The fraction of sp³-hybridized carbons (Fsp3) is 0.360. The largest absolute Gasteiger partial charge is 0.205 e. The third-order valence-corrected chi connectivity index (χ3v) is 5.80. The number of hydrogen-bond donors (Lipinski definition) is 0. The Morgan fingerprint density at radius 3 is 2.52 bits per heavy atom. The van der Waals surface area contributed by atoms with Gasteiger partial charge in [-0.25, -0.2) is 4.39 Å². The molecule has 1 atom stereocenters. The molecule has 0 bridgehead atoms. The van der Waals surface area contributed by atoms with Crippen LogP contribution in [0.5, 0.6) is 0 Å². The summed E-state index contributed by atoms with van der Waals surface area (Å²) >= 11 is 6.21. The maximum Gasteiger partial charge on any atom is 0.145 e. The second kappa shape index (κ2) is 9.37. The number of benzene rings is 2. The number of rotatable bonds is 6. The van der Waals surface area contributed by atoms with E-state index >= 15 is 0 Å². The van der Waals surface area contributed by atoms with Crippen molar-refractivity contribution in [3.05, 3.63) is 76.6 Å². The number of halogens is 2. The van der Waals surface area contributed by atoms with Crippen LogP contribution in [0, 0.1) is 18.7 Å². The van der Waals surface area contributed by atoms with Crippen molar-refractivity contribution >= 4 is 17.2 Å². The average Bonchev–Trinajstić information content (AvgIpc) is 2.70. The van der Waals surface area contributed by atoms with Crippen LogP contribution in [0.4, 0.5) is 4.39 Å². The van der Waals surface area contributed by atoms with Gasteiger partial charge in [-0.15, -0.1) is 0 Å². The minimum atomic E-state index is -0.328. The van der Waals surface area contributed by atoms with E-state index in [0.29, 0.717) is 11.5 Å². The SMILES string of the molecule is CCCC/C=C/C1CC=C(c2ccc(-c3ccc(C)c(F)c3Cl)cc2)CC1. The monoisotopic (exact) mass is 382 g/mol. The van der Waals surface area contributed by atoms with Gasteiger partial charge in [0.05, 0.1) is 5.02 Å². The predicted octanol–water partition coefficient (Wildman–Crippen LogP) is 8.38. The Labute approximate surface area is 167 Å². The highest BCUT2D eigenvalue weighted by Gasteiger charge is 2.14. The van der Waals surface area contributed by atoms with Crippen molar-refractivity contribution in [2.24, 2.45) is 5.92 Å². The Bertz CT molecular complexity index is 830. The Morgan fingerprint density at radius 1 is 1.11 bits per heavy atom. The predicted molar refractivity (Wildman–Crippen MR) is 116 cm³/mol. The summed E-state index contributed by atoms with van der Waals surface area (Å²) in [4.78, 5) is 0. The van der Waals surface area contributed by atoms with Gasteiger partial charge in [0.25, 0.3) is 0 Å². The molecule has 2 aromatic carbocycles. The van der Waals surface area contributed by atoms with Crippen LogP contribution in [0.3, 0.4) is 0 Å². The van der Waals surface area contributed by atoms with Gasteiger partial charge in [-0.1, -0.05) is 86.0 Å². The van der Waals surface area contributed by atoms with Gasteiger partial charge < -0.3 is 0 Å². The fourth-order valence-electron chi connectivity index (χ4n) is 3.63. The Morgan fingerprint density at radius 2 is 1.85 bits per heavy atom. The number of hydrogen-bond acceptors (Lipinski definition) is 0. The molecule has 0 heterocycles. The van der Waals surface area contributed by atoms with E-state index in [1.54, 1.807) is 13.0 Å². The van der Waals surface area contributed by atoms with Gasteiger partial charge in [-0.2, -0.15) is 0 Å². The van der Waals surface area contributed by atoms with Crippen LogP contribution >= 0.6 is 11.6 Å². The van der Waals surface area contributed by atoms with E-state index in [1.807, 2.05) is 18.2 Å². The zero-order valence-electron chi connectivity index (χ0n) is 16.3. The molecule has 3 rings (SSSR count). The van der Waals surface area contributed by atoms with Gasteiger partial charge in [0.1, 0.15) is 5.82 Å². The van der Waals surface area contributed by atoms with Crippen molar-refractivity contribution in [3.8, 4) is 11.1 Å². The first-order chi connectivity index (χ1) is 13.1. The molecular weight excluding hydrogens is 355 g/mol. The highest BCUT2D eigenvalue weighted by atomic mass is 35.5. The molecule has 0 aliphatic heterocycles. The van der Waals surface area contributed by atoms with E-state index in [0.717, 1.165) is 24.0 Å². The summed E-state index contributed by atoms with van der Waals surface area (Å²) in [6.45, 7) is 3.97. The average molecular weight is 383 g/mol. The van der Waals surface area contributed by atoms with Gasteiger partial charge in [0.2, 0.25) is 0 Å². The molecule has 0 radical (unpaired) electrons. The molecule has 0 saturated heterocycles. The van der Waals surface area contributed by atoms with Gasteiger partial charge >= 0.3 is 0 Å². The zero-order valence-corrected chi connectivity index (χ0v) is 17.0. The molecule has 1 unspecified atom stereocenters. The molecule has 1 aliphatic rings. The second-order valence-corrected chi connectivity index (χ2v) is 7.85. The first-order valence-electron chi connectivity index (χ1n) is 10.0. The maximum atomic E-state index is 14.1. The van der Waals surface area contributed by atoms with Gasteiger partial charge in [-0.3, -0.25) is 0 Å². The van der Waals surface area contributed by atoms with Crippen molar-refractivity contribution in [1.29, 1.82) is 0 Å². The van der Waals surface area contributed by atoms with E-state index in [4.69, 9.17) is 11.6 Å². The molecule has 0 amide bonds. The minimum absolute atomic E-state index is 0.206. The standard InChI is InChI=1S/C25H28ClF/c1-3-4-5-6-7-19-9-11-20(12-10-19)21-13-15-22(16-14-21)23-17-8-18(2)25(27)24(23)26/h6-8,11,13-17,19H,3-5,9-10,12H2,1-2H3/b7-6+. The Hall–Kier alpha value is -1.86. The zero-order chi connectivity index (χ0) is 19.2. The Kier molecular flexibility index (Phi) is 6.90. The number of aryl methyl sites for hydroxylation is 1. The van der Waals surface area contributed by atoms with E-state index in [1.165, 1.54) is 36.8 Å². The van der Waals surface area contributed by atoms with Crippen molar-refractivity contribution in [3.63, 3.8) is 0 Å². The van der Waals surface area contributed by atoms with Crippen LogP contribution in [-0.2, 0) is 0 Å². The molecular formula is C25H28ClF. The lowest BCUT2D eigenvalue weighted by atomic mass is 9.86. The molecule has 0 fully saturated rings. The maximum absolute atomic E-state index is 14.1. The smallest absolute Gasteiger partial charge is 0.145 e. The molecule has 142 valence electrons. The Balaban J connectivity index is 1.69. The van der Waals surface area contributed by atoms with Crippen molar-refractivity contribution in [2.75, 3.05) is 0 Å². The third kappa shape index (κ3) is 4.90. The normalized spacial score (nSPS) is 17.3. The molecule has 27 heavy (non-hydrogen) atoms. The lowest BCUT2D eigenvalue weighted by molar-refractivity contribution is 0.589. The van der Waals surface area contributed by atoms with Gasteiger partial charge in [0.15, 0.2) is 0 Å². The quantitative estimate of drug-likeness (QED) is 0.347. The summed E-state index contributed by atoms with van der Waals surface area (Å²) in [7, 11) is 0. The van der Waals surface area contributed by atoms with Crippen LogP contribution in [0.25, 0.3) is 16.7 Å². The molecule has 0 spiro atoms. The van der Waals surface area contributed by atoms with Crippen LogP contribution in [0.1, 0.15) is 56.6 Å². The molecule has 0 aromatic heterocycles. The molecule has 0 nitrogen and oxygen atoms in total. The number of unbranched alkanes of at least 4 members (excludes halogenated alkanes) is 2. The fourth-order valence-corrected chi connectivity index (χ4v) is 3.96. The van der Waals surface area contributed by atoms with Crippen molar-refractivity contribution in [1.82, 2.24) is 0 Å². The summed E-state index contributed by atoms with van der Waals surface area (Å²) in [5, 5.41) is 0.206. The highest BCUT2D eigenvalue weighted by Crippen LogP contribution is 2.34. The molecule has 2 aromatic rings. The van der Waals surface area contributed by atoms with E-state index in [-0.39, 0.29) is 10.8 Å². The lowest BCUT2D eigenvalue weighted by Gasteiger charge is -2.20. The number of allylic oxidation sites excluding steroid dienone is 4. The summed E-state index contributed by atoms with van der Waals surface area (Å²) < 4.78 is 14.1. The van der Waals surface area contributed by atoms with E-state index < -0.39 is 0 Å². The summed E-state index contributed by atoms with van der Waals surface area (Å²) in [5.41, 5.74) is 4.96.